The van der Waals surface area contributed by atoms with Crippen LogP contribution in [0.3, 0.4) is 0 Å². The summed E-state index contributed by atoms with van der Waals surface area (Å²) in [6.45, 7) is 6.03. The van der Waals surface area contributed by atoms with E-state index in [0.717, 1.165) is 51.0 Å². The summed E-state index contributed by atoms with van der Waals surface area (Å²) in [6.07, 6.45) is 4.16. The van der Waals surface area contributed by atoms with Crippen molar-refractivity contribution in [2.24, 2.45) is 0 Å². The lowest BCUT2D eigenvalue weighted by Gasteiger charge is -2.39. The SMILES string of the molecule is CCCCOc1ccc(N(C)CCC2(O)CCN(Cc3ccccc3)CC2)cc1F. The Kier molecular flexibility index (Phi) is 8.11. The number of hydrogen-bond acceptors (Lipinski definition) is 4. The molecule has 30 heavy (non-hydrogen) atoms. The van der Waals surface area contributed by atoms with E-state index in [0.29, 0.717) is 25.3 Å². The average Bonchev–Trinajstić information content (AvgIpc) is 2.76. The van der Waals surface area contributed by atoms with Gasteiger partial charge in [0.1, 0.15) is 0 Å². The molecule has 0 aliphatic carbocycles. The maximum atomic E-state index is 14.3. The molecule has 5 heteroatoms. The van der Waals surface area contributed by atoms with Gasteiger partial charge in [-0.2, -0.15) is 0 Å². The lowest BCUT2D eigenvalue weighted by atomic mass is 9.88. The Labute approximate surface area is 180 Å². The number of nitrogens with zero attached hydrogens (tertiary/aromatic N) is 2. The molecule has 2 aromatic rings. The summed E-state index contributed by atoms with van der Waals surface area (Å²) in [5.74, 6) is -0.0200. The van der Waals surface area contributed by atoms with Crippen molar-refractivity contribution in [2.45, 2.75) is 51.2 Å². The van der Waals surface area contributed by atoms with Gasteiger partial charge in [-0.3, -0.25) is 4.90 Å². The molecule has 1 aliphatic heterocycles. The van der Waals surface area contributed by atoms with Crippen molar-refractivity contribution in [1.29, 1.82) is 0 Å². The van der Waals surface area contributed by atoms with Crippen molar-refractivity contribution >= 4 is 5.69 Å². The van der Waals surface area contributed by atoms with Gasteiger partial charge in [0.05, 0.1) is 12.2 Å². The quantitative estimate of drug-likeness (QED) is 0.564. The molecular weight excluding hydrogens is 379 g/mol. The molecule has 0 spiro atoms. The Morgan fingerprint density at radius 2 is 1.87 bits per heavy atom. The Balaban J connectivity index is 1.46. The van der Waals surface area contributed by atoms with E-state index in [1.165, 1.54) is 11.6 Å². The van der Waals surface area contributed by atoms with Gasteiger partial charge in [0, 0.05) is 45.0 Å². The van der Waals surface area contributed by atoms with Crippen molar-refractivity contribution in [2.75, 3.05) is 38.2 Å². The third-order valence-corrected chi connectivity index (χ3v) is 6.06. The van der Waals surface area contributed by atoms with Crippen LogP contribution in [-0.2, 0) is 6.54 Å². The zero-order valence-corrected chi connectivity index (χ0v) is 18.3. The van der Waals surface area contributed by atoms with Crippen molar-refractivity contribution in [1.82, 2.24) is 4.90 Å². The number of likely N-dealkylation sites (tertiary alicyclic amines) is 1. The number of rotatable bonds is 10. The highest BCUT2D eigenvalue weighted by atomic mass is 19.1. The van der Waals surface area contributed by atoms with E-state index in [9.17, 15) is 9.50 Å². The van der Waals surface area contributed by atoms with Gasteiger partial charge < -0.3 is 14.7 Å². The molecule has 0 bridgehead atoms. The Hall–Kier alpha value is -2.11. The third-order valence-electron chi connectivity index (χ3n) is 6.06. The topological polar surface area (TPSA) is 35.9 Å². The van der Waals surface area contributed by atoms with E-state index >= 15 is 0 Å². The van der Waals surface area contributed by atoms with Gasteiger partial charge in [0.15, 0.2) is 11.6 Å². The van der Waals surface area contributed by atoms with Gasteiger partial charge in [-0.25, -0.2) is 4.39 Å². The first-order valence-corrected chi connectivity index (χ1v) is 11.1. The largest absolute Gasteiger partial charge is 0.491 e. The Morgan fingerprint density at radius 1 is 1.13 bits per heavy atom. The zero-order chi connectivity index (χ0) is 21.4. The van der Waals surface area contributed by atoms with Crippen molar-refractivity contribution in [3.05, 3.63) is 59.9 Å². The lowest BCUT2D eigenvalue weighted by Crippen LogP contribution is -2.45. The third kappa shape index (κ3) is 6.44. The molecule has 0 amide bonds. The molecule has 1 N–H and O–H groups in total. The molecule has 164 valence electrons. The number of piperidine rings is 1. The number of hydrogen-bond donors (Lipinski definition) is 1. The number of ether oxygens (including phenoxy) is 1. The van der Waals surface area contributed by atoms with E-state index in [1.54, 1.807) is 6.07 Å². The first kappa shape index (κ1) is 22.6. The number of benzene rings is 2. The molecule has 4 nitrogen and oxygen atoms in total. The summed E-state index contributed by atoms with van der Waals surface area (Å²) < 4.78 is 19.8. The number of halogens is 1. The van der Waals surface area contributed by atoms with Gasteiger partial charge in [-0.1, -0.05) is 43.7 Å². The number of aliphatic hydroxyl groups is 1. The van der Waals surface area contributed by atoms with Crippen LogP contribution in [0.5, 0.6) is 5.75 Å². The smallest absolute Gasteiger partial charge is 0.167 e. The predicted octanol–water partition coefficient (Wildman–Crippen LogP) is 4.86. The zero-order valence-electron chi connectivity index (χ0n) is 18.3. The van der Waals surface area contributed by atoms with E-state index < -0.39 is 5.60 Å². The van der Waals surface area contributed by atoms with Gasteiger partial charge in [0.2, 0.25) is 0 Å². The number of unbranched alkanes of at least 4 members (excludes halogenated alkanes) is 1. The lowest BCUT2D eigenvalue weighted by molar-refractivity contribution is -0.0275. The molecular formula is C25H35FN2O2. The van der Waals surface area contributed by atoms with Crippen molar-refractivity contribution < 1.29 is 14.2 Å². The van der Waals surface area contributed by atoms with Crippen LogP contribution in [0.4, 0.5) is 10.1 Å². The van der Waals surface area contributed by atoms with E-state index in [2.05, 4.69) is 36.1 Å². The Morgan fingerprint density at radius 3 is 2.53 bits per heavy atom. The van der Waals surface area contributed by atoms with Crippen LogP contribution < -0.4 is 9.64 Å². The maximum absolute atomic E-state index is 14.3. The molecule has 0 saturated carbocycles. The molecule has 0 unspecified atom stereocenters. The van der Waals surface area contributed by atoms with E-state index in [4.69, 9.17) is 4.74 Å². The van der Waals surface area contributed by atoms with Crippen LogP contribution in [0.1, 0.15) is 44.6 Å². The highest BCUT2D eigenvalue weighted by Crippen LogP contribution is 2.29. The molecule has 1 fully saturated rings. The molecule has 0 atom stereocenters. The normalized spacial score (nSPS) is 16.4. The second-order valence-corrected chi connectivity index (χ2v) is 8.47. The van der Waals surface area contributed by atoms with Crippen LogP contribution in [-0.4, -0.2) is 48.9 Å². The average molecular weight is 415 g/mol. The summed E-state index contributed by atoms with van der Waals surface area (Å²) in [5, 5.41) is 11.0. The summed E-state index contributed by atoms with van der Waals surface area (Å²) >= 11 is 0. The second-order valence-electron chi connectivity index (χ2n) is 8.47. The van der Waals surface area contributed by atoms with E-state index in [-0.39, 0.29) is 5.82 Å². The van der Waals surface area contributed by atoms with Crippen LogP contribution in [0.15, 0.2) is 48.5 Å². The van der Waals surface area contributed by atoms with Crippen LogP contribution in [0.2, 0.25) is 0 Å². The maximum Gasteiger partial charge on any atom is 0.167 e. The molecule has 1 heterocycles. The molecule has 3 rings (SSSR count). The first-order chi connectivity index (χ1) is 14.5. The van der Waals surface area contributed by atoms with Crippen LogP contribution >= 0.6 is 0 Å². The summed E-state index contributed by atoms with van der Waals surface area (Å²) in [5.41, 5.74) is 1.47. The van der Waals surface area contributed by atoms with Crippen molar-refractivity contribution in [3.63, 3.8) is 0 Å². The Bertz CT molecular complexity index is 776. The molecule has 2 aromatic carbocycles. The van der Waals surface area contributed by atoms with Crippen molar-refractivity contribution in [3.8, 4) is 5.75 Å². The van der Waals surface area contributed by atoms with Gasteiger partial charge in [-0.05, 0) is 43.4 Å². The van der Waals surface area contributed by atoms with Gasteiger partial charge >= 0.3 is 0 Å². The summed E-state index contributed by atoms with van der Waals surface area (Å²) in [4.78, 5) is 4.41. The van der Waals surface area contributed by atoms with E-state index in [1.807, 2.05) is 24.1 Å². The second kappa shape index (κ2) is 10.8. The highest BCUT2D eigenvalue weighted by Gasteiger charge is 2.32. The standard InChI is InChI=1S/C25H35FN2O2/c1-3-4-18-30-24-11-10-22(19-23(24)26)27(2)15-12-25(29)13-16-28(17-14-25)20-21-8-6-5-7-9-21/h5-11,19,29H,3-4,12-18,20H2,1-2H3. The summed E-state index contributed by atoms with van der Waals surface area (Å²) in [7, 11) is 1.94. The first-order valence-electron chi connectivity index (χ1n) is 11.1. The fourth-order valence-corrected chi connectivity index (χ4v) is 3.89. The minimum Gasteiger partial charge on any atom is -0.491 e. The minimum atomic E-state index is -0.650. The fraction of sp³-hybridized carbons (Fsp3) is 0.520. The summed E-state index contributed by atoms with van der Waals surface area (Å²) in [6, 6.07) is 15.6. The molecule has 0 aromatic heterocycles. The molecule has 1 aliphatic rings. The fourth-order valence-electron chi connectivity index (χ4n) is 3.89. The van der Waals surface area contributed by atoms with Gasteiger partial charge in [-0.15, -0.1) is 0 Å². The monoisotopic (exact) mass is 414 g/mol. The van der Waals surface area contributed by atoms with Gasteiger partial charge in [0.25, 0.3) is 0 Å². The van der Waals surface area contributed by atoms with Crippen LogP contribution in [0.25, 0.3) is 0 Å². The highest BCUT2D eigenvalue weighted by molar-refractivity contribution is 5.49. The molecule has 0 radical (unpaired) electrons. The number of anilines is 1. The van der Waals surface area contributed by atoms with Crippen LogP contribution in [0, 0.1) is 5.82 Å². The predicted molar refractivity (Wildman–Crippen MR) is 121 cm³/mol. The minimum absolute atomic E-state index is 0.310. The molecule has 1 saturated heterocycles.